The first kappa shape index (κ1) is 41.3. The van der Waals surface area contributed by atoms with Crippen molar-refractivity contribution in [2.24, 2.45) is 11.8 Å². The second-order valence-corrected chi connectivity index (χ2v) is 16.6. The second kappa shape index (κ2) is 16.9. The van der Waals surface area contributed by atoms with Gasteiger partial charge >= 0.3 is 12.2 Å². The van der Waals surface area contributed by atoms with E-state index in [2.05, 4.69) is 67.5 Å². The fourth-order valence-electron chi connectivity index (χ4n) is 9.02. The van der Waals surface area contributed by atoms with Crippen molar-refractivity contribution in [3.8, 4) is 22.5 Å². The van der Waals surface area contributed by atoms with Crippen molar-refractivity contribution < 1.29 is 28.7 Å². The van der Waals surface area contributed by atoms with Crippen LogP contribution in [0.2, 0.25) is 0 Å². The Bertz CT molecular complexity index is 2630. The van der Waals surface area contributed by atoms with Crippen molar-refractivity contribution >= 4 is 51.3 Å². The maximum Gasteiger partial charge on any atom is 0.407 e. The number of aromatic nitrogens is 6. The van der Waals surface area contributed by atoms with Crippen LogP contribution in [0.4, 0.5) is 9.59 Å². The maximum atomic E-state index is 13.8. The number of fused-ring (bicyclic) bond motifs is 5. The molecule has 16 nitrogen and oxygen atoms in total. The Hall–Kier alpha value is -6.45. The van der Waals surface area contributed by atoms with E-state index in [-0.39, 0.29) is 35.7 Å². The van der Waals surface area contributed by atoms with Gasteiger partial charge in [-0.1, -0.05) is 52.3 Å². The Morgan fingerprint density at radius 1 is 0.770 bits per heavy atom. The SMILES string of the molecule is CCC(C)C(NC(=O)OC)C(=O)N1CCCC1c1ncc(-c2ccc3c(c2)cc2c4ccc(-c5cnc(C6CCCN6C(=O)C(NC(=O)OC)C(C)C)[nH]5)cc4nc(C)n32)[nH]1. The zero-order valence-corrected chi connectivity index (χ0v) is 35.7. The van der Waals surface area contributed by atoms with Crippen molar-refractivity contribution in [1.29, 1.82) is 0 Å². The van der Waals surface area contributed by atoms with E-state index in [0.29, 0.717) is 18.9 Å². The molecule has 8 rings (SSSR count). The number of alkyl carbamates (subject to hydrolysis) is 2. The first-order chi connectivity index (χ1) is 29.4. The number of hydrogen-bond donors (Lipinski definition) is 4. The van der Waals surface area contributed by atoms with E-state index in [1.807, 2.05) is 50.6 Å². The molecule has 0 spiro atoms. The average Bonchev–Trinajstić information content (AvgIpc) is 4.12. The molecule has 16 heteroatoms. The first-order valence-electron chi connectivity index (χ1n) is 21.2. The molecule has 5 unspecified atom stereocenters. The van der Waals surface area contributed by atoms with Crippen LogP contribution in [0.5, 0.6) is 0 Å². The number of carbonyl (C=O) groups excluding carboxylic acids is 4. The molecule has 2 aliphatic heterocycles. The quantitative estimate of drug-likeness (QED) is 0.105. The first-order valence-corrected chi connectivity index (χ1v) is 21.2. The summed E-state index contributed by atoms with van der Waals surface area (Å²) < 4.78 is 11.8. The van der Waals surface area contributed by atoms with Crippen LogP contribution >= 0.6 is 0 Å². The number of carbonyl (C=O) groups is 4. The summed E-state index contributed by atoms with van der Waals surface area (Å²) in [5.41, 5.74) is 6.49. The molecule has 5 atom stereocenters. The number of aryl methyl sites for hydroxylation is 1. The number of H-pyrrole nitrogens is 2. The number of likely N-dealkylation sites (tertiary alicyclic amines) is 2. The van der Waals surface area contributed by atoms with Crippen LogP contribution in [0.3, 0.4) is 0 Å². The van der Waals surface area contributed by atoms with E-state index in [1.165, 1.54) is 14.2 Å². The molecule has 4 amide bonds. The zero-order valence-electron chi connectivity index (χ0n) is 35.7. The van der Waals surface area contributed by atoms with Gasteiger partial charge in [0.25, 0.3) is 0 Å². The number of amides is 4. The standard InChI is InChI=1S/C45H54N10O6/c1-8-25(4)39(52-45(59)61-7)43(57)54-18-10-12-36(54)41-46-22-32(49-41)27-14-16-34-29(19-27)21-37-30-15-13-28(20-31(30)48-26(5)55(34)37)33-23-47-40(50-33)35-11-9-17-53(35)42(56)38(24(2)3)51-44(58)60-6/h13-16,19-25,35-36,38-39H,8-12,17-18H2,1-7H3,(H,46,49)(H,47,50)(H,51,58)(H,52,59). The van der Waals surface area contributed by atoms with Gasteiger partial charge in [-0.2, -0.15) is 0 Å². The van der Waals surface area contributed by atoms with Crippen LogP contribution < -0.4 is 10.6 Å². The molecule has 4 N–H and O–H groups in total. The van der Waals surface area contributed by atoms with E-state index >= 15 is 0 Å². The number of ether oxygens (including phenoxy) is 2. The highest BCUT2D eigenvalue weighted by Crippen LogP contribution is 2.37. The molecule has 320 valence electrons. The summed E-state index contributed by atoms with van der Waals surface area (Å²) >= 11 is 0. The largest absolute Gasteiger partial charge is 0.453 e. The lowest BCUT2D eigenvalue weighted by molar-refractivity contribution is -0.136. The molecule has 2 aliphatic rings. The van der Waals surface area contributed by atoms with Gasteiger partial charge < -0.3 is 39.9 Å². The molecule has 2 aromatic carbocycles. The molecule has 0 radical (unpaired) electrons. The number of nitrogens with one attached hydrogen (secondary N) is 4. The van der Waals surface area contributed by atoms with Crippen LogP contribution in [-0.4, -0.2) is 103 Å². The van der Waals surface area contributed by atoms with Crippen molar-refractivity contribution in [2.75, 3.05) is 27.3 Å². The number of hydrogen-bond acceptors (Lipinski definition) is 9. The number of benzene rings is 2. The summed E-state index contributed by atoms with van der Waals surface area (Å²) in [7, 11) is 2.59. The Balaban J connectivity index is 1.04. The van der Waals surface area contributed by atoms with Gasteiger partial charge in [-0.15, -0.1) is 0 Å². The minimum Gasteiger partial charge on any atom is -0.453 e. The molecular formula is C45H54N10O6. The molecule has 0 aliphatic carbocycles. The normalized spacial score (nSPS) is 18.2. The summed E-state index contributed by atoms with van der Waals surface area (Å²) in [5.74, 6) is 1.81. The van der Waals surface area contributed by atoms with Crippen molar-refractivity contribution in [2.45, 2.75) is 90.9 Å². The van der Waals surface area contributed by atoms with Crippen LogP contribution in [0.25, 0.3) is 49.8 Å². The van der Waals surface area contributed by atoms with Crippen LogP contribution in [0, 0.1) is 18.8 Å². The third-order valence-electron chi connectivity index (χ3n) is 12.5. The van der Waals surface area contributed by atoms with Gasteiger partial charge in [-0.05, 0) is 68.7 Å². The Kier molecular flexibility index (Phi) is 11.4. The molecule has 4 aromatic heterocycles. The van der Waals surface area contributed by atoms with E-state index in [1.54, 1.807) is 6.20 Å². The summed E-state index contributed by atoms with van der Waals surface area (Å²) in [4.78, 5) is 76.9. The third kappa shape index (κ3) is 7.74. The lowest BCUT2D eigenvalue weighted by Crippen LogP contribution is -2.51. The average molecular weight is 831 g/mol. The lowest BCUT2D eigenvalue weighted by atomic mass is 9.97. The molecule has 6 aromatic rings. The fourth-order valence-corrected chi connectivity index (χ4v) is 9.02. The van der Waals surface area contributed by atoms with Crippen LogP contribution in [-0.2, 0) is 19.1 Å². The number of nitrogens with zero attached hydrogens (tertiary/aromatic N) is 6. The van der Waals surface area contributed by atoms with Crippen LogP contribution in [0.1, 0.15) is 89.4 Å². The van der Waals surface area contributed by atoms with E-state index < -0.39 is 24.3 Å². The van der Waals surface area contributed by atoms with Gasteiger partial charge in [0, 0.05) is 35.0 Å². The minimum atomic E-state index is -0.705. The topological polar surface area (TPSA) is 192 Å². The molecule has 0 saturated carbocycles. The van der Waals surface area contributed by atoms with Gasteiger partial charge in [0.1, 0.15) is 29.6 Å². The Morgan fingerprint density at radius 3 is 1.90 bits per heavy atom. The van der Waals surface area contributed by atoms with Gasteiger partial charge in [-0.3, -0.25) is 14.0 Å². The van der Waals surface area contributed by atoms with Crippen LogP contribution in [0.15, 0.2) is 54.9 Å². The van der Waals surface area contributed by atoms with Crippen molar-refractivity contribution in [1.82, 2.24) is 49.8 Å². The number of methoxy groups -OCH3 is 2. The van der Waals surface area contributed by atoms with E-state index in [0.717, 1.165) is 93.6 Å². The monoisotopic (exact) mass is 830 g/mol. The molecular weight excluding hydrogens is 777 g/mol. The van der Waals surface area contributed by atoms with Gasteiger partial charge in [0.2, 0.25) is 11.8 Å². The van der Waals surface area contributed by atoms with Gasteiger partial charge in [0.05, 0.1) is 66.6 Å². The van der Waals surface area contributed by atoms with E-state index in [9.17, 15) is 19.2 Å². The summed E-state index contributed by atoms with van der Waals surface area (Å²) in [5, 5.41) is 7.52. The Morgan fingerprint density at radius 2 is 1.33 bits per heavy atom. The number of aromatic amines is 2. The molecule has 61 heavy (non-hydrogen) atoms. The predicted molar refractivity (Wildman–Crippen MR) is 230 cm³/mol. The lowest BCUT2D eigenvalue weighted by Gasteiger charge is -2.30. The van der Waals surface area contributed by atoms with Gasteiger partial charge in [-0.25, -0.2) is 24.5 Å². The second-order valence-electron chi connectivity index (χ2n) is 16.6. The highest BCUT2D eigenvalue weighted by atomic mass is 16.5. The Labute approximate surface area is 353 Å². The molecule has 2 saturated heterocycles. The fraction of sp³-hybridized carbons (Fsp3) is 0.444. The van der Waals surface area contributed by atoms with Crippen molar-refractivity contribution in [3.05, 3.63) is 72.3 Å². The minimum absolute atomic E-state index is 0.0659. The van der Waals surface area contributed by atoms with Gasteiger partial charge in [0.15, 0.2) is 0 Å². The third-order valence-corrected chi connectivity index (χ3v) is 12.5. The van der Waals surface area contributed by atoms with E-state index in [4.69, 9.17) is 24.4 Å². The molecule has 6 heterocycles. The highest BCUT2D eigenvalue weighted by molar-refractivity contribution is 6.03. The number of imidazole rings is 2. The predicted octanol–water partition coefficient (Wildman–Crippen LogP) is 7.21. The maximum absolute atomic E-state index is 13.8. The molecule has 0 bridgehead atoms. The summed E-state index contributed by atoms with van der Waals surface area (Å²) in [6.45, 7) is 10.9. The van der Waals surface area contributed by atoms with Crippen molar-refractivity contribution in [3.63, 3.8) is 0 Å². The summed E-state index contributed by atoms with van der Waals surface area (Å²) in [6, 6.07) is 12.9. The smallest absolute Gasteiger partial charge is 0.407 e. The number of rotatable bonds is 11. The highest BCUT2D eigenvalue weighted by Gasteiger charge is 2.39. The molecule has 2 fully saturated rings. The summed E-state index contributed by atoms with van der Waals surface area (Å²) in [6.07, 6.45) is 6.31. The zero-order chi connectivity index (χ0) is 43.1.